The molecule has 0 saturated carbocycles. The number of rotatable bonds is 5. The Kier molecular flexibility index (Phi) is 5.18. The van der Waals surface area contributed by atoms with Gasteiger partial charge in [0.25, 0.3) is 5.91 Å². The summed E-state index contributed by atoms with van der Waals surface area (Å²) in [6, 6.07) is 8.88. The third kappa shape index (κ3) is 4.08. The minimum atomic E-state index is -0.852. The molecule has 3 atom stereocenters. The summed E-state index contributed by atoms with van der Waals surface area (Å²) in [5.74, 6) is 0.205. The first-order chi connectivity index (χ1) is 14.2. The van der Waals surface area contributed by atoms with Crippen molar-refractivity contribution in [2.75, 3.05) is 19.6 Å². The first-order valence-electron chi connectivity index (χ1n) is 9.30. The number of ether oxygens (including phenoxy) is 1. The smallest absolute Gasteiger partial charge is 0.282 e. The van der Waals surface area contributed by atoms with Gasteiger partial charge in [0.2, 0.25) is 6.23 Å². The van der Waals surface area contributed by atoms with Crippen LogP contribution in [0.15, 0.2) is 35.6 Å². The largest absolute Gasteiger partial charge is 0.459 e. The predicted molar refractivity (Wildman–Crippen MR) is 103 cm³/mol. The molecule has 3 N–H and O–H groups in total. The van der Waals surface area contributed by atoms with E-state index < -0.39 is 6.23 Å². The van der Waals surface area contributed by atoms with Crippen LogP contribution in [0.4, 0.5) is 0 Å². The molecular weight excluding hydrogens is 372 g/mol. The van der Waals surface area contributed by atoms with E-state index >= 15 is 0 Å². The van der Waals surface area contributed by atoms with Crippen molar-refractivity contribution < 1.29 is 9.53 Å². The zero-order chi connectivity index (χ0) is 20.2. The molecule has 10 heteroatoms. The molecule has 1 amide bonds. The Morgan fingerprint density at radius 1 is 1.41 bits per heavy atom. The molecule has 1 aromatic rings. The maximum absolute atomic E-state index is 12.6. The molecule has 0 aromatic heterocycles. The van der Waals surface area contributed by atoms with Crippen LogP contribution in [0.2, 0.25) is 0 Å². The zero-order valence-electron chi connectivity index (χ0n) is 15.6. The van der Waals surface area contributed by atoms with E-state index in [2.05, 4.69) is 33.4 Å². The maximum Gasteiger partial charge on any atom is 0.282 e. The molecule has 0 aliphatic carbocycles. The molecule has 3 heterocycles. The number of likely N-dealkylation sites (tertiary alicyclic amines) is 1. The molecule has 148 valence electrons. The van der Waals surface area contributed by atoms with Crippen LogP contribution in [0.25, 0.3) is 5.76 Å². The predicted octanol–water partition coefficient (Wildman–Crippen LogP) is -0.351. The number of hydrazine groups is 1. The number of hydrogen-bond donors (Lipinski definition) is 3. The van der Waals surface area contributed by atoms with Crippen molar-refractivity contribution in [3.63, 3.8) is 0 Å². The third-order valence-corrected chi connectivity index (χ3v) is 4.98. The van der Waals surface area contributed by atoms with Crippen LogP contribution in [0.3, 0.4) is 0 Å². The van der Waals surface area contributed by atoms with Gasteiger partial charge in [-0.25, -0.2) is 10.5 Å². The van der Waals surface area contributed by atoms with Gasteiger partial charge < -0.3 is 20.3 Å². The lowest BCUT2D eigenvalue weighted by atomic mass is 10.1. The Balaban J connectivity index is 1.31. The van der Waals surface area contributed by atoms with E-state index in [0.717, 1.165) is 5.56 Å². The lowest BCUT2D eigenvalue weighted by molar-refractivity contribution is -0.129. The highest BCUT2D eigenvalue weighted by Gasteiger charge is 2.36. The van der Waals surface area contributed by atoms with E-state index in [1.807, 2.05) is 6.07 Å². The second kappa shape index (κ2) is 8.09. The highest BCUT2D eigenvalue weighted by atomic mass is 16.5. The van der Waals surface area contributed by atoms with Gasteiger partial charge in [-0.3, -0.25) is 4.79 Å². The molecule has 3 aliphatic rings. The van der Waals surface area contributed by atoms with Crippen LogP contribution in [0, 0.1) is 22.8 Å². The van der Waals surface area contributed by atoms with Crippen molar-refractivity contribution >= 4 is 17.9 Å². The normalized spacial score (nSPS) is 25.0. The van der Waals surface area contributed by atoms with Crippen LogP contribution in [-0.4, -0.2) is 60.1 Å². The minimum Gasteiger partial charge on any atom is -0.459 e. The molecule has 0 radical (unpaired) electrons. The zero-order valence-corrected chi connectivity index (χ0v) is 15.6. The highest BCUT2D eigenvalue weighted by molar-refractivity contribution is 5.83. The quantitative estimate of drug-likeness (QED) is 0.580. The number of nitrogens with zero attached hydrogens (tertiary/aromatic N) is 5. The summed E-state index contributed by atoms with van der Waals surface area (Å²) in [5.41, 5.74) is 4.33. The van der Waals surface area contributed by atoms with Gasteiger partial charge in [0, 0.05) is 30.6 Å². The number of carbonyl (C=O) groups is 1. The number of hydrogen-bond acceptors (Lipinski definition) is 9. The van der Waals surface area contributed by atoms with Crippen LogP contribution >= 0.6 is 0 Å². The average Bonchev–Trinajstić information content (AvgIpc) is 3.49. The number of hydrazone groups is 1. The van der Waals surface area contributed by atoms with E-state index in [9.17, 15) is 10.1 Å². The van der Waals surface area contributed by atoms with Crippen molar-refractivity contribution in [2.24, 2.45) is 5.10 Å². The maximum atomic E-state index is 12.6. The minimum absolute atomic E-state index is 0.0343. The van der Waals surface area contributed by atoms with E-state index in [0.29, 0.717) is 37.4 Å². The van der Waals surface area contributed by atoms with Gasteiger partial charge in [-0.15, -0.1) is 0 Å². The van der Waals surface area contributed by atoms with E-state index in [4.69, 9.17) is 10.00 Å². The molecular formula is C19H20N8O2. The molecule has 0 bridgehead atoms. The van der Waals surface area contributed by atoms with E-state index in [1.165, 1.54) is 0 Å². The summed E-state index contributed by atoms with van der Waals surface area (Å²) in [4.78, 5) is 14.3. The molecule has 0 spiro atoms. The number of nitriles is 2. The first kappa shape index (κ1) is 18.6. The van der Waals surface area contributed by atoms with Crippen molar-refractivity contribution in [2.45, 2.75) is 24.7 Å². The topological polar surface area (TPSA) is 129 Å². The number of amides is 1. The highest BCUT2D eigenvalue weighted by Crippen LogP contribution is 2.23. The molecule has 29 heavy (non-hydrogen) atoms. The number of carbonyl (C=O) groups excluding carboxylic acids is 1. The summed E-state index contributed by atoms with van der Waals surface area (Å²) < 4.78 is 5.72. The summed E-state index contributed by atoms with van der Waals surface area (Å²) in [6.45, 7) is 1.69. The Labute approximate surface area is 168 Å². The Hall–Kier alpha value is -3.76. The Morgan fingerprint density at radius 2 is 2.31 bits per heavy atom. The van der Waals surface area contributed by atoms with E-state index in [1.54, 1.807) is 40.6 Å². The first-order valence-corrected chi connectivity index (χ1v) is 9.30. The van der Waals surface area contributed by atoms with E-state index in [-0.39, 0.29) is 18.0 Å². The van der Waals surface area contributed by atoms with Crippen LogP contribution in [-0.2, 0) is 9.53 Å². The van der Waals surface area contributed by atoms with Gasteiger partial charge in [-0.2, -0.15) is 15.6 Å². The number of nitrogens with one attached hydrogen (secondary N) is 3. The van der Waals surface area contributed by atoms with Crippen molar-refractivity contribution in [1.29, 1.82) is 10.5 Å². The van der Waals surface area contributed by atoms with Crippen LogP contribution < -0.4 is 16.1 Å². The molecule has 3 aliphatic heterocycles. The van der Waals surface area contributed by atoms with Gasteiger partial charge in [0.05, 0.1) is 30.8 Å². The van der Waals surface area contributed by atoms with Gasteiger partial charge in [-0.1, -0.05) is 12.1 Å². The van der Waals surface area contributed by atoms with Gasteiger partial charge in [0.1, 0.15) is 5.76 Å². The Morgan fingerprint density at radius 3 is 3.07 bits per heavy atom. The number of benzene rings is 1. The molecule has 4 rings (SSSR count). The molecule has 1 aromatic carbocycles. The average molecular weight is 392 g/mol. The van der Waals surface area contributed by atoms with Crippen LogP contribution in [0.1, 0.15) is 17.5 Å². The Bertz CT molecular complexity index is 931. The SMILES string of the molecule is N#Cc1cccc(C2=CNC(C(=O)N[C@@H]3C[C@@H](CN4N=CCN4)N(C#N)C3)O2)c1. The monoisotopic (exact) mass is 392 g/mol. The fourth-order valence-electron chi connectivity index (χ4n) is 3.60. The summed E-state index contributed by atoms with van der Waals surface area (Å²) in [6.07, 6.45) is 5.37. The van der Waals surface area contributed by atoms with Crippen LogP contribution in [0.5, 0.6) is 0 Å². The van der Waals surface area contributed by atoms with Crippen molar-refractivity contribution in [3.05, 3.63) is 41.6 Å². The van der Waals surface area contributed by atoms with Crippen molar-refractivity contribution in [3.8, 4) is 12.3 Å². The molecule has 1 saturated heterocycles. The molecule has 10 nitrogen and oxygen atoms in total. The molecule has 1 unspecified atom stereocenters. The molecule has 1 fully saturated rings. The van der Waals surface area contributed by atoms with Gasteiger partial charge >= 0.3 is 0 Å². The fourth-order valence-corrected chi connectivity index (χ4v) is 3.60. The fraction of sp³-hybridized carbons (Fsp3) is 0.368. The summed E-state index contributed by atoms with van der Waals surface area (Å²) >= 11 is 0. The van der Waals surface area contributed by atoms with Gasteiger partial charge in [-0.05, 0) is 18.6 Å². The lowest BCUT2D eigenvalue weighted by Gasteiger charge is -2.22. The standard InChI is InChI=1S/C19H20N8O2/c20-8-13-2-1-3-14(6-13)17-9-22-19(29-17)18(28)25-15-7-16(26(10-15)12-21)11-27-23-4-5-24-27/h1-4,6,9,15-16,19,22,24H,5,7,10-11H2,(H,25,28)/t15-,16+,19?/m1/s1. The lowest BCUT2D eigenvalue weighted by Crippen LogP contribution is -2.46. The second-order valence-corrected chi connectivity index (χ2v) is 6.96. The third-order valence-electron chi connectivity index (χ3n) is 4.98. The second-order valence-electron chi connectivity index (χ2n) is 6.96. The van der Waals surface area contributed by atoms with Crippen molar-refractivity contribution in [1.82, 2.24) is 26.1 Å². The van der Waals surface area contributed by atoms with Gasteiger partial charge in [0.15, 0.2) is 6.19 Å². The summed E-state index contributed by atoms with van der Waals surface area (Å²) in [5, 5.41) is 30.2. The summed E-state index contributed by atoms with van der Waals surface area (Å²) in [7, 11) is 0.